The number of nitrogens with one attached hydrogen (secondary N) is 1. The summed E-state index contributed by atoms with van der Waals surface area (Å²) in [6.45, 7) is 1.99. The van der Waals surface area contributed by atoms with Gasteiger partial charge < -0.3 is 19.6 Å². The van der Waals surface area contributed by atoms with Gasteiger partial charge in [-0.2, -0.15) is 5.26 Å². The number of rotatable bonds is 5. The molecular weight excluding hydrogens is 482 g/mol. The van der Waals surface area contributed by atoms with Gasteiger partial charge in [0.05, 0.1) is 47.5 Å². The molecule has 4 heterocycles. The molecule has 2 N–H and O–H groups in total. The lowest BCUT2D eigenvalue weighted by molar-refractivity contribution is -0.134. The summed E-state index contributed by atoms with van der Waals surface area (Å²) in [5.74, 6) is -1.53. The first-order chi connectivity index (χ1) is 18.4. The zero-order chi connectivity index (χ0) is 26.2. The fraction of sp³-hybridized carbons (Fsp3) is 0.300. The molecule has 3 aliphatic heterocycles. The first-order valence-corrected chi connectivity index (χ1v) is 12.7. The maximum atomic E-state index is 14.0. The molecule has 0 spiro atoms. The van der Waals surface area contributed by atoms with E-state index in [9.17, 15) is 20.0 Å². The second kappa shape index (κ2) is 7.90. The zero-order valence-electron chi connectivity index (χ0n) is 20.7. The van der Waals surface area contributed by atoms with Gasteiger partial charge in [-0.1, -0.05) is 30.3 Å². The third-order valence-corrected chi connectivity index (χ3v) is 8.71. The largest absolute Gasteiger partial charge is 0.493 e. The van der Waals surface area contributed by atoms with Crippen molar-refractivity contribution in [2.45, 2.75) is 37.1 Å². The van der Waals surface area contributed by atoms with Gasteiger partial charge in [0.1, 0.15) is 11.4 Å². The number of aromatic amines is 1. The van der Waals surface area contributed by atoms with Gasteiger partial charge in [0.15, 0.2) is 0 Å². The van der Waals surface area contributed by atoms with Gasteiger partial charge in [0, 0.05) is 40.7 Å². The summed E-state index contributed by atoms with van der Waals surface area (Å²) in [6.07, 6.45) is 1.57. The summed E-state index contributed by atoms with van der Waals surface area (Å²) in [4.78, 5) is 32.4. The molecule has 2 amide bonds. The number of aliphatic hydroxyl groups is 1. The summed E-state index contributed by atoms with van der Waals surface area (Å²) in [5.41, 5.74) is -0.305. The lowest BCUT2D eigenvalue weighted by atomic mass is 9.66. The van der Waals surface area contributed by atoms with E-state index >= 15 is 0 Å². The minimum Gasteiger partial charge on any atom is -0.493 e. The summed E-state index contributed by atoms with van der Waals surface area (Å²) in [6, 6.07) is 20.5. The number of ether oxygens (including phenoxy) is 2. The van der Waals surface area contributed by atoms with Crippen molar-refractivity contribution in [3.8, 4) is 11.8 Å². The molecule has 8 heteroatoms. The van der Waals surface area contributed by atoms with Gasteiger partial charge in [-0.25, -0.2) is 4.90 Å². The Hall–Kier alpha value is -4.19. The van der Waals surface area contributed by atoms with Crippen LogP contribution in [0.4, 0.5) is 5.69 Å². The number of imide groups is 1. The van der Waals surface area contributed by atoms with Gasteiger partial charge in [-0.15, -0.1) is 0 Å². The van der Waals surface area contributed by atoms with Gasteiger partial charge in [0.2, 0.25) is 11.8 Å². The molecule has 8 nitrogen and oxygen atoms in total. The predicted octanol–water partition coefficient (Wildman–Crippen LogP) is 4.06. The molecule has 4 aromatic rings. The monoisotopic (exact) mass is 507 g/mol. The number of H-pyrrole nitrogens is 1. The Labute approximate surface area is 218 Å². The number of anilines is 1. The number of aliphatic hydroxyl groups excluding tert-OH is 1. The van der Waals surface area contributed by atoms with Crippen LogP contribution in [0.3, 0.4) is 0 Å². The number of carbonyl (C=O) groups excluding carboxylic acids is 2. The number of nitrogens with zero attached hydrogens (tertiary/aromatic N) is 2. The standard InChI is InChI=1S/C30H25N3O5/c1-29-24(34)15-30(38-29,12-14-37-23-8-4-7-21-20(23)11-13-32-21)26-25(29)27(35)33(28(26)36)22-10-9-17(16-31)18-5-2-3-6-19(18)22/h2-11,13,24-26,32,34H,12,14-15H2,1H3. The Bertz CT molecular complexity index is 1690. The lowest BCUT2D eigenvalue weighted by Gasteiger charge is -2.33. The summed E-state index contributed by atoms with van der Waals surface area (Å²) in [5, 5.41) is 22.9. The zero-order valence-corrected chi connectivity index (χ0v) is 20.7. The highest BCUT2D eigenvalue weighted by Gasteiger charge is 2.77. The Morgan fingerprint density at radius 3 is 2.66 bits per heavy atom. The van der Waals surface area contributed by atoms with Crippen LogP contribution in [0.5, 0.6) is 5.75 Å². The van der Waals surface area contributed by atoms with Crippen LogP contribution in [0.25, 0.3) is 21.7 Å². The van der Waals surface area contributed by atoms with Gasteiger partial charge in [0.25, 0.3) is 0 Å². The average Bonchev–Trinajstić information content (AvgIpc) is 3.63. The molecule has 0 saturated carbocycles. The average molecular weight is 508 g/mol. The molecular formula is C30H25N3O5. The van der Waals surface area contributed by atoms with Crippen LogP contribution >= 0.6 is 0 Å². The third kappa shape index (κ3) is 2.91. The van der Waals surface area contributed by atoms with Crippen molar-refractivity contribution >= 4 is 39.2 Å². The lowest BCUT2D eigenvalue weighted by Crippen LogP contribution is -2.49. The van der Waals surface area contributed by atoms with E-state index in [2.05, 4.69) is 11.1 Å². The molecule has 5 atom stereocenters. The molecule has 3 saturated heterocycles. The molecule has 3 aliphatic rings. The first kappa shape index (κ1) is 23.0. The fourth-order valence-corrected chi connectivity index (χ4v) is 6.95. The number of hydrogen-bond acceptors (Lipinski definition) is 6. The van der Waals surface area contributed by atoms with Crippen molar-refractivity contribution in [1.29, 1.82) is 5.26 Å². The Balaban J connectivity index is 1.24. The van der Waals surface area contributed by atoms with E-state index in [4.69, 9.17) is 9.47 Å². The topological polar surface area (TPSA) is 116 Å². The second-order valence-corrected chi connectivity index (χ2v) is 10.6. The van der Waals surface area contributed by atoms with E-state index in [1.807, 2.05) is 54.7 Å². The number of carbonyl (C=O) groups is 2. The Morgan fingerprint density at radius 1 is 1.05 bits per heavy atom. The van der Waals surface area contributed by atoms with Gasteiger partial charge in [-0.05, 0) is 37.3 Å². The van der Waals surface area contributed by atoms with E-state index in [1.165, 1.54) is 4.90 Å². The van der Waals surface area contributed by atoms with Crippen LogP contribution < -0.4 is 9.64 Å². The first-order valence-electron chi connectivity index (χ1n) is 12.7. The number of benzene rings is 3. The molecule has 3 fully saturated rings. The van der Waals surface area contributed by atoms with Crippen LogP contribution in [0, 0.1) is 23.2 Å². The minimum atomic E-state index is -1.17. The Morgan fingerprint density at radius 2 is 1.84 bits per heavy atom. The number of fused-ring (bicyclic) bond motifs is 7. The van der Waals surface area contributed by atoms with Crippen molar-refractivity contribution < 1.29 is 24.2 Å². The van der Waals surface area contributed by atoms with Crippen LogP contribution in [0.2, 0.25) is 0 Å². The van der Waals surface area contributed by atoms with Crippen LogP contribution in [-0.2, 0) is 14.3 Å². The summed E-state index contributed by atoms with van der Waals surface area (Å²) < 4.78 is 12.6. The highest BCUT2D eigenvalue weighted by Crippen LogP contribution is 2.62. The molecule has 190 valence electrons. The van der Waals surface area contributed by atoms with E-state index in [0.29, 0.717) is 28.4 Å². The summed E-state index contributed by atoms with van der Waals surface area (Å²) >= 11 is 0. The molecule has 2 bridgehead atoms. The van der Waals surface area contributed by atoms with Crippen molar-refractivity contribution in [3.05, 3.63) is 72.4 Å². The van der Waals surface area contributed by atoms with Gasteiger partial charge >= 0.3 is 0 Å². The number of hydrogen-bond donors (Lipinski definition) is 2. The maximum Gasteiger partial charge on any atom is 0.240 e. The molecule has 1 aromatic heterocycles. The SMILES string of the molecule is CC12OC(CCOc3cccc4[nH]ccc34)(CC1O)C1C(=O)N(c3ccc(C#N)c4ccccc34)C(=O)C12. The Kier molecular flexibility index (Phi) is 4.78. The highest BCUT2D eigenvalue weighted by atomic mass is 16.6. The number of nitriles is 1. The highest BCUT2D eigenvalue weighted by molar-refractivity contribution is 6.26. The number of aromatic nitrogens is 1. The maximum absolute atomic E-state index is 14.0. The molecule has 0 radical (unpaired) electrons. The smallest absolute Gasteiger partial charge is 0.240 e. The molecule has 5 unspecified atom stereocenters. The van der Waals surface area contributed by atoms with E-state index in [-0.39, 0.29) is 24.8 Å². The molecule has 7 rings (SSSR count). The van der Waals surface area contributed by atoms with Crippen LogP contribution in [0.15, 0.2) is 66.9 Å². The van der Waals surface area contributed by atoms with Crippen molar-refractivity contribution in [2.24, 2.45) is 11.8 Å². The molecule has 38 heavy (non-hydrogen) atoms. The number of amides is 2. The van der Waals surface area contributed by atoms with Crippen LogP contribution in [-0.4, -0.2) is 45.8 Å². The van der Waals surface area contributed by atoms with Crippen molar-refractivity contribution in [3.63, 3.8) is 0 Å². The fourth-order valence-electron chi connectivity index (χ4n) is 6.95. The molecule has 0 aliphatic carbocycles. The third-order valence-electron chi connectivity index (χ3n) is 8.71. The second-order valence-electron chi connectivity index (χ2n) is 10.6. The summed E-state index contributed by atoms with van der Waals surface area (Å²) in [7, 11) is 0. The predicted molar refractivity (Wildman–Crippen MR) is 139 cm³/mol. The van der Waals surface area contributed by atoms with E-state index < -0.39 is 29.1 Å². The van der Waals surface area contributed by atoms with E-state index in [1.54, 1.807) is 19.1 Å². The molecule has 3 aromatic carbocycles. The minimum absolute atomic E-state index is 0.253. The van der Waals surface area contributed by atoms with Crippen LogP contribution in [0.1, 0.15) is 25.3 Å². The van der Waals surface area contributed by atoms with Crippen molar-refractivity contribution in [1.82, 2.24) is 4.98 Å². The van der Waals surface area contributed by atoms with E-state index in [0.717, 1.165) is 16.7 Å². The van der Waals surface area contributed by atoms with Gasteiger partial charge in [-0.3, -0.25) is 9.59 Å². The normalized spacial score (nSPS) is 29.8. The quantitative estimate of drug-likeness (QED) is 0.394. The van der Waals surface area contributed by atoms with Crippen molar-refractivity contribution in [2.75, 3.05) is 11.5 Å².